The third-order valence-electron chi connectivity index (χ3n) is 3.63. The lowest BCUT2D eigenvalue weighted by Gasteiger charge is -2.40. The molecule has 1 unspecified atom stereocenters. The molecule has 1 amide bonds. The maximum atomic E-state index is 13.7. The van der Waals surface area contributed by atoms with Crippen molar-refractivity contribution < 1.29 is 9.18 Å². The van der Waals surface area contributed by atoms with Gasteiger partial charge in [0.15, 0.2) is 0 Å². The zero-order valence-corrected chi connectivity index (χ0v) is 13.5. The third kappa shape index (κ3) is 4.11. The van der Waals surface area contributed by atoms with Crippen LogP contribution in [0.2, 0.25) is 0 Å². The Kier molecular flexibility index (Phi) is 4.78. The monoisotopic (exact) mass is 311 g/mol. The molecule has 0 bridgehead atoms. The molecule has 1 atom stereocenters. The molecule has 0 spiro atoms. The van der Waals surface area contributed by atoms with Gasteiger partial charge in [0, 0.05) is 29.3 Å². The summed E-state index contributed by atoms with van der Waals surface area (Å²) in [5.74, 6) is 0.318. The Bertz CT molecular complexity index is 536. The van der Waals surface area contributed by atoms with E-state index in [1.807, 2.05) is 18.7 Å². The average molecular weight is 311 g/mol. The van der Waals surface area contributed by atoms with Crippen LogP contribution in [0, 0.1) is 5.82 Å². The van der Waals surface area contributed by atoms with Crippen molar-refractivity contribution >= 4 is 29.0 Å². The predicted molar refractivity (Wildman–Crippen MR) is 87.0 cm³/mol. The SMILES string of the molecule is CC(C(=O)Nc1cc(N)ccc1F)N1CCSC(C)(C)C1. The Labute approximate surface area is 129 Å². The highest BCUT2D eigenvalue weighted by Crippen LogP contribution is 2.30. The maximum absolute atomic E-state index is 13.7. The fourth-order valence-corrected chi connectivity index (χ4v) is 3.56. The summed E-state index contributed by atoms with van der Waals surface area (Å²) in [6.07, 6.45) is 0. The minimum absolute atomic E-state index is 0.134. The number of halogens is 1. The van der Waals surface area contributed by atoms with E-state index < -0.39 is 5.82 Å². The molecule has 1 aromatic carbocycles. The Morgan fingerprint density at radius 1 is 1.52 bits per heavy atom. The summed E-state index contributed by atoms with van der Waals surface area (Å²) in [4.78, 5) is 14.5. The fraction of sp³-hybridized carbons (Fsp3) is 0.533. The molecular formula is C15H22FN3OS. The van der Waals surface area contributed by atoms with Gasteiger partial charge >= 0.3 is 0 Å². The van der Waals surface area contributed by atoms with Crippen molar-refractivity contribution in [2.24, 2.45) is 0 Å². The largest absolute Gasteiger partial charge is 0.399 e. The van der Waals surface area contributed by atoms with Crippen LogP contribution in [0.25, 0.3) is 0 Å². The van der Waals surface area contributed by atoms with E-state index in [1.165, 1.54) is 18.2 Å². The second kappa shape index (κ2) is 6.23. The molecule has 0 aliphatic carbocycles. The van der Waals surface area contributed by atoms with Gasteiger partial charge in [-0.05, 0) is 39.0 Å². The summed E-state index contributed by atoms with van der Waals surface area (Å²) in [5.41, 5.74) is 6.19. The molecule has 1 fully saturated rings. The van der Waals surface area contributed by atoms with Gasteiger partial charge in [-0.1, -0.05) is 0 Å². The number of thioether (sulfide) groups is 1. The van der Waals surface area contributed by atoms with Gasteiger partial charge in [-0.25, -0.2) is 4.39 Å². The Hall–Kier alpha value is -1.27. The molecule has 0 saturated carbocycles. The van der Waals surface area contributed by atoms with Crippen molar-refractivity contribution in [1.82, 2.24) is 4.90 Å². The number of rotatable bonds is 3. The van der Waals surface area contributed by atoms with Crippen LogP contribution in [0.5, 0.6) is 0 Å². The number of nitrogens with zero attached hydrogens (tertiary/aromatic N) is 1. The molecule has 1 aliphatic heterocycles. The standard InChI is InChI=1S/C15H22FN3OS/c1-10(19-6-7-21-15(2,3)9-19)14(20)18-13-8-11(17)4-5-12(13)16/h4-5,8,10H,6-7,9,17H2,1-3H3,(H,18,20). The van der Waals surface area contributed by atoms with Gasteiger partial charge < -0.3 is 11.1 Å². The summed E-state index contributed by atoms with van der Waals surface area (Å²) in [7, 11) is 0. The number of nitrogens with two attached hydrogens (primary N) is 1. The molecule has 4 nitrogen and oxygen atoms in total. The van der Waals surface area contributed by atoms with Gasteiger partial charge in [0.1, 0.15) is 5.82 Å². The Morgan fingerprint density at radius 3 is 2.90 bits per heavy atom. The molecule has 0 aromatic heterocycles. The topological polar surface area (TPSA) is 58.4 Å². The van der Waals surface area contributed by atoms with E-state index in [1.54, 1.807) is 0 Å². The first-order valence-electron chi connectivity index (χ1n) is 7.02. The van der Waals surface area contributed by atoms with Crippen molar-refractivity contribution in [3.63, 3.8) is 0 Å². The molecule has 1 heterocycles. The lowest BCUT2D eigenvalue weighted by molar-refractivity contribution is -0.120. The molecule has 1 aliphatic rings. The van der Waals surface area contributed by atoms with Crippen LogP contribution < -0.4 is 11.1 Å². The van der Waals surface area contributed by atoms with Crippen LogP contribution in [-0.4, -0.2) is 40.4 Å². The lowest BCUT2D eigenvalue weighted by atomic mass is 10.1. The Balaban J connectivity index is 2.04. The maximum Gasteiger partial charge on any atom is 0.241 e. The molecule has 3 N–H and O–H groups in total. The minimum Gasteiger partial charge on any atom is -0.399 e. The zero-order valence-electron chi connectivity index (χ0n) is 12.6. The van der Waals surface area contributed by atoms with Gasteiger partial charge in [0.25, 0.3) is 0 Å². The second-order valence-electron chi connectivity index (χ2n) is 5.98. The van der Waals surface area contributed by atoms with E-state index in [0.717, 1.165) is 18.8 Å². The summed E-state index contributed by atoms with van der Waals surface area (Å²) in [6, 6.07) is 3.87. The lowest BCUT2D eigenvalue weighted by Crippen LogP contribution is -2.51. The van der Waals surface area contributed by atoms with Gasteiger partial charge in [-0.15, -0.1) is 0 Å². The van der Waals surface area contributed by atoms with Crippen LogP contribution in [0.15, 0.2) is 18.2 Å². The molecule has 21 heavy (non-hydrogen) atoms. The Morgan fingerprint density at radius 2 is 2.24 bits per heavy atom. The number of anilines is 2. The summed E-state index contributed by atoms with van der Waals surface area (Å²) in [6.45, 7) is 7.90. The highest BCUT2D eigenvalue weighted by Gasteiger charge is 2.32. The molecule has 1 saturated heterocycles. The second-order valence-corrected chi connectivity index (χ2v) is 7.79. The van der Waals surface area contributed by atoms with Crippen molar-refractivity contribution in [3.05, 3.63) is 24.0 Å². The van der Waals surface area contributed by atoms with Crippen LogP contribution in [0.4, 0.5) is 15.8 Å². The zero-order chi connectivity index (χ0) is 15.6. The number of nitrogens with one attached hydrogen (secondary N) is 1. The van der Waals surface area contributed by atoms with E-state index in [0.29, 0.717) is 5.69 Å². The first-order chi connectivity index (χ1) is 9.78. The number of amides is 1. The summed E-state index contributed by atoms with van der Waals surface area (Å²) >= 11 is 1.91. The van der Waals surface area contributed by atoms with Crippen LogP contribution in [-0.2, 0) is 4.79 Å². The predicted octanol–water partition coefficient (Wildman–Crippen LogP) is 2.56. The summed E-state index contributed by atoms with van der Waals surface area (Å²) in [5, 5.41) is 2.63. The third-order valence-corrected chi connectivity index (χ3v) is 4.93. The number of carbonyl (C=O) groups excluding carboxylic acids is 1. The average Bonchev–Trinajstić information content (AvgIpc) is 2.41. The highest BCUT2D eigenvalue weighted by molar-refractivity contribution is 8.00. The fourth-order valence-electron chi connectivity index (χ4n) is 2.43. The van der Waals surface area contributed by atoms with E-state index >= 15 is 0 Å². The number of hydrogen-bond acceptors (Lipinski definition) is 4. The van der Waals surface area contributed by atoms with Gasteiger partial charge in [-0.2, -0.15) is 11.8 Å². The molecule has 1 aromatic rings. The highest BCUT2D eigenvalue weighted by atomic mass is 32.2. The van der Waals surface area contributed by atoms with E-state index in [2.05, 4.69) is 24.1 Å². The number of nitrogen functional groups attached to an aromatic ring is 1. The minimum atomic E-state index is -0.473. The van der Waals surface area contributed by atoms with Crippen LogP contribution in [0.3, 0.4) is 0 Å². The van der Waals surface area contributed by atoms with Gasteiger partial charge in [0.2, 0.25) is 5.91 Å². The van der Waals surface area contributed by atoms with Crippen molar-refractivity contribution in [3.8, 4) is 0 Å². The van der Waals surface area contributed by atoms with Gasteiger partial charge in [0.05, 0.1) is 11.7 Å². The molecule has 6 heteroatoms. The first kappa shape index (κ1) is 16.1. The van der Waals surface area contributed by atoms with E-state index in [4.69, 9.17) is 5.73 Å². The van der Waals surface area contributed by atoms with Crippen molar-refractivity contribution in [2.75, 3.05) is 29.9 Å². The smallest absolute Gasteiger partial charge is 0.241 e. The molecule has 2 rings (SSSR count). The van der Waals surface area contributed by atoms with E-state index in [-0.39, 0.29) is 22.4 Å². The van der Waals surface area contributed by atoms with E-state index in [9.17, 15) is 9.18 Å². The van der Waals surface area contributed by atoms with Crippen molar-refractivity contribution in [1.29, 1.82) is 0 Å². The number of carbonyl (C=O) groups is 1. The molecule has 116 valence electrons. The van der Waals surface area contributed by atoms with Crippen LogP contribution >= 0.6 is 11.8 Å². The van der Waals surface area contributed by atoms with Crippen molar-refractivity contribution in [2.45, 2.75) is 31.6 Å². The summed E-state index contributed by atoms with van der Waals surface area (Å²) < 4.78 is 13.8. The number of benzene rings is 1. The first-order valence-corrected chi connectivity index (χ1v) is 8.01. The van der Waals surface area contributed by atoms with Gasteiger partial charge in [-0.3, -0.25) is 9.69 Å². The quantitative estimate of drug-likeness (QED) is 0.842. The van der Waals surface area contributed by atoms with Crippen LogP contribution in [0.1, 0.15) is 20.8 Å². The number of hydrogen-bond donors (Lipinski definition) is 2. The molecule has 0 radical (unpaired) electrons. The molecular weight excluding hydrogens is 289 g/mol. The normalized spacial score (nSPS) is 20.0.